The van der Waals surface area contributed by atoms with Gasteiger partial charge in [0.1, 0.15) is 5.69 Å². The Labute approximate surface area is 115 Å². The maximum absolute atomic E-state index is 11.3. The van der Waals surface area contributed by atoms with Crippen molar-refractivity contribution in [2.24, 2.45) is 0 Å². The predicted molar refractivity (Wildman–Crippen MR) is 71.4 cm³/mol. The molecule has 0 saturated heterocycles. The van der Waals surface area contributed by atoms with Gasteiger partial charge in [-0.15, -0.1) is 11.6 Å². The van der Waals surface area contributed by atoms with Crippen molar-refractivity contribution in [1.82, 2.24) is 0 Å². The molecule has 0 heterocycles. The van der Waals surface area contributed by atoms with Crippen molar-refractivity contribution in [2.45, 2.75) is 11.0 Å². The normalized spacial score (nSPS) is 13.0. The number of nitro groups is 1. The first-order valence-corrected chi connectivity index (χ1v) is 7.64. The molecule has 1 unspecified atom stereocenters. The van der Waals surface area contributed by atoms with Crippen molar-refractivity contribution in [3.05, 3.63) is 28.3 Å². The number of nitro benzene ring substituents is 1. The lowest BCUT2D eigenvalue weighted by molar-refractivity contribution is -0.384. The summed E-state index contributed by atoms with van der Waals surface area (Å²) < 4.78 is 22.7. The number of rotatable bonds is 6. The van der Waals surface area contributed by atoms with Gasteiger partial charge < -0.3 is 10.4 Å². The molecule has 2 N–H and O–H groups in total. The molecule has 0 aliphatic rings. The summed E-state index contributed by atoms with van der Waals surface area (Å²) in [4.78, 5) is 10.1. The Morgan fingerprint density at radius 2 is 2.16 bits per heavy atom. The van der Waals surface area contributed by atoms with Crippen LogP contribution in [0, 0.1) is 10.1 Å². The van der Waals surface area contributed by atoms with Crippen LogP contribution in [0.4, 0.5) is 11.4 Å². The van der Waals surface area contributed by atoms with E-state index in [1.54, 1.807) is 0 Å². The van der Waals surface area contributed by atoms with E-state index >= 15 is 0 Å². The van der Waals surface area contributed by atoms with Crippen LogP contribution in [-0.2, 0) is 9.84 Å². The molecule has 0 amide bonds. The third-order valence-electron chi connectivity index (χ3n) is 2.30. The largest absolute Gasteiger partial charge is 0.390 e. The van der Waals surface area contributed by atoms with Crippen molar-refractivity contribution in [2.75, 3.05) is 24.0 Å². The number of sulfone groups is 1. The Kier molecular flexibility index (Phi) is 5.10. The van der Waals surface area contributed by atoms with Gasteiger partial charge in [-0.25, -0.2) is 8.42 Å². The fourth-order valence-corrected chi connectivity index (χ4v) is 2.08. The molecule has 0 aliphatic heterocycles. The Balaban J connectivity index is 3.09. The molecule has 9 heteroatoms. The fraction of sp³-hybridized carbons (Fsp3) is 0.400. The Bertz CT molecular complexity index is 575. The second kappa shape index (κ2) is 6.18. The lowest BCUT2D eigenvalue weighted by atomic mass is 10.2. The van der Waals surface area contributed by atoms with E-state index in [4.69, 9.17) is 11.6 Å². The highest BCUT2D eigenvalue weighted by molar-refractivity contribution is 7.90. The number of hydrogen-bond donors (Lipinski definition) is 2. The van der Waals surface area contributed by atoms with E-state index in [1.165, 1.54) is 12.1 Å². The summed E-state index contributed by atoms with van der Waals surface area (Å²) in [6.07, 6.45) is 0.118. The van der Waals surface area contributed by atoms with E-state index in [-0.39, 0.29) is 28.7 Å². The highest BCUT2D eigenvalue weighted by Gasteiger charge is 2.18. The SMILES string of the molecule is CS(=O)(=O)c1ccc(NCC(O)CCl)c([N+](=O)[O-])c1. The second-order valence-corrected chi connectivity index (χ2v) is 6.22. The summed E-state index contributed by atoms with van der Waals surface area (Å²) in [6.45, 7) is 0.0303. The van der Waals surface area contributed by atoms with E-state index in [0.717, 1.165) is 12.3 Å². The topological polar surface area (TPSA) is 110 Å². The molecule has 1 aromatic carbocycles. The van der Waals surface area contributed by atoms with Crippen LogP contribution in [0.15, 0.2) is 23.1 Å². The Hall–Kier alpha value is -1.38. The van der Waals surface area contributed by atoms with Gasteiger partial charge in [0.15, 0.2) is 9.84 Å². The molecule has 1 aromatic rings. The van der Waals surface area contributed by atoms with Gasteiger partial charge in [-0.1, -0.05) is 0 Å². The van der Waals surface area contributed by atoms with Crippen LogP contribution in [-0.4, -0.2) is 43.2 Å². The average Bonchev–Trinajstić information content (AvgIpc) is 2.34. The maximum Gasteiger partial charge on any atom is 0.293 e. The average molecular weight is 309 g/mol. The van der Waals surface area contributed by atoms with Crippen molar-refractivity contribution >= 4 is 32.8 Å². The van der Waals surface area contributed by atoms with Gasteiger partial charge in [0.2, 0.25) is 0 Å². The van der Waals surface area contributed by atoms with E-state index in [0.29, 0.717) is 0 Å². The quantitative estimate of drug-likeness (QED) is 0.461. The molecule has 0 radical (unpaired) electrons. The molecule has 0 fully saturated rings. The summed E-state index contributed by atoms with van der Waals surface area (Å²) in [5.41, 5.74) is -0.244. The zero-order valence-corrected chi connectivity index (χ0v) is 11.6. The number of nitrogens with zero attached hydrogens (tertiary/aromatic N) is 1. The monoisotopic (exact) mass is 308 g/mol. The summed E-state index contributed by atoms with van der Waals surface area (Å²) in [7, 11) is -3.51. The van der Waals surface area contributed by atoms with Crippen molar-refractivity contribution in [1.29, 1.82) is 0 Å². The van der Waals surface area contributed by atoms with Crippen LogP contribution in [0.3, 0.4) is 0 Å². The molecule has 1 rings (SSSR count). The Morgan fingerprint density at radius 1 is 1.53 bits per heavy atom. The predicted octanol–water partition coefficient (Wildman–Crippen LogP) is 1.01. The van der Waals surface area contributed by atoms with Crippen LogP contribution in [0.5, 0.6) is 0 Å². The number of alkyl halides is 1. The van der Waals surface area contributed by atoms with Crippen molar-refractivity contribution in [3.63, 3.8) is 0 Å². The number of anilines is 1. The van der Waals surface area contributed by atoms with E-state index in [9.17, 15) is 23.6 Å². The summed E-state index contributed by atoms with van der Waals surface area (Å²) in [5, 5.41) is 22.8. The minimum Gasteiger partial charge on any atom is -0.390 e. The highest BCUT2D eigenvalue weighted by atomic mass is 35.5. The third-order valence-corrected chi connectivity index (χ3v) is 3.77. The molecule has 0 aromatic heterocycles. The highest BCUT2D eigenvalue weighted by Crippen LogP contribution is 2.27. The fourth-order valence-electron chi connectivity index (χ4n) is 1.32. The third kappa shape index (κ3) is 4.34. The standard InChI is InChI=1S/C10H13ClN2O5S/c1-19(17,18)8-2-3-9(10(4-8)13(15)16)12-6-7(14)5-11/h2-4,7,12,14H,5-6H2,1H3. The molecular formula is C10H13ClN2O5S. The molecule has 0 saturated carbocycles. The number of nitrogens with one attached hydrogen (secondary N) is 1. The van der Waals surface area contributed by atoms with Crippen molar-refractivity contribution < 1.29 is 18.4 Å². The minimum absolute atomic E-state index is 0.0117. The zero-order chi connectivity index (χ0) is 14.6. The van der Waals surface area contributed by atoms with Gasteiger partial charge in [0, 0.05) is 18.9 Å². The summed E-state index contributed by atoms with van der Waals surface area (Å²) in [5.74, 6) is -0.0117. The smallest absolute Gasteiger partial charge is 0.293 e. The molecule has 0 bridgehead atoms. The number of aliphatic hydroxyl groups is 1. The van der Waals surface area contributed by atoms with Gasteiger partial charge >= 0.3 is 0 Å². The second-order valence-electron chi connectivity index (χ2n) is 3.90. The molecule has 106 valence electrons. The van der Waals surface area contributed by atoms with E-state index in [2.05, 4.69) is 5.32 Å². The first-order chi connectivity index (χ1) is 8.75. The van der Waals surface area contributed by atoms with Gasteiger partial charge in [0.05, 0.1) is 21.8 Å². The lowest BCUT2D eigenvalue weighted by Crippen LogP contribution is -2.21. The molecule has 0 spiro atoms. The van der Waals surface area contributed by atoms with Crippen LogP contribution in [0.1, 0.15) is 0 Å². The molecule has 7 nitrogen and oxygen atoms in total. The van der Waals surface area contributed by atoms with Crippen molar-refractivity contribution in [3.8, 4) is 0 Å². The summed E-state index contributed by atoms with van der Waals surface area (Å²) >= 11 is 5.40. The number of aliphatic hydroxyl groups excluding tert-OH is 1. The lowest BCUT2D eigenvalue weighted by Gasteiger charge is -2.10. The summed E-state index contributed by atoms with van der Waals surface area (Å²) in [6, 6.07) is 3.53. The number of hydrogen-bond acceptors (Lipinski definition) is 6. The van der Waals surface area contributed by atoms with Crippen LogP contribution in [0.2, 0.25) is 0 Å². The minimum atomic E-state index is -3.51. The van der Waals surface area contributed by atoms with Gasteiger partial charge in [0.25, 0.3) is 5.69 Å². The molecule has 0 aliphatic carbocycles. The Morgan fingerprint density at radius 3 is 2.63 bits per heavy atom. The van der Waals surface area contributed by atoms with Gasteiger partial charge in [-0.2, -0.15) is 0 Å². The van der Waals surface area contributed by atoms with Crippen LogP contribution in [0.25, 0.3) is 0 Å². The molecule has 19 heavy (non-hydrogen) atoms. The van der Waals surface area contributed by atoms with E-state index in [1.807, 2.05) is 0 Å². The number of halogens is 1. The van der Waals surface area contributed by atoms with Gasteiger partial charge in [-0.3, -0.25) is 10.1 Å². The molecule has 1 atom stereocenters. The zero-order valence-electron chi connectivity index (χ0n) is 10.0. The molecular weight excluding hydrogens is 296 g/mol. The van der Waals surface area contributed by atoms with Gasteiger partial charge in [-0.05, 0) is 12.1 Å². The van der Waals surface area contributed by atoms with Crippen LogP contribution >= 0.6 is 11.6 Å². The van der Waals surface area contributed by atoms with E-state index < -0.39 is 20.9 Å². The maximum atomic E-state index is 11.3. The first-order valence-electron chi connectivity index (χ1n) is 5.22. The number of benzene rings is 1. The van der Waals surface area contributed by atoms with Crippen LogP contribution < -0.4 is 5.32 Å². The first kappa shape index (κ1) is 15.7.